The molecular formula is C19H25ClN4O. The van der Waals surface area contributed by atoms with Gasteiger partial charge in [-0.15, -0.1) is 6.58 Å². The van der Waals surface area contributed by atoms with Gasteiger partial charge in [0.2, 0.25) is 0 Å². The standard InChI is InChI=1S/C19H25ClN4O/c1-5-10-24(18(25)22-19(2,3)4)14-17-21-9-11-23(17)13-15-7-6-8-16(20)12-15/h5-9,11-12H,1,10,13-14H2,2-4H3,(H,22,25). The Balaban J connectivity index is 2.13. The Morgan fingerprint density at radius 2 is 2.20 bits per heavy atom. The van der Waals surface area contributed by atoms with Gasteiger partial charge in [-0.25, -0.2) is 9.78 Å². The number of rotatable bonds is 6. The lowest BCUT2D eigenvalue weighted by atomic mass is 10.1. The molecule has 2 rings (SSSR count). The van der Waals surface area contributed by atoms with Crippen LogP contribution in [0.3, 0.4) is 0 Å². The molecule has 1 N–H and O–H groups in total. The van der Waals surface area contributed by atoms with Crippen LogP contribution in [-0.2, 0) is 13.1 Å². The summed E-state index contributed by atoms with van der Waals surface area (Å²) in [5.74, 6) is 0.811. The van der Waals surface area contributed by atoms with Crippen LogP contribution in [0.25, 0.3) is 0 Å². The molecule has 5 nitrogen and oxygen atoms in total. The summed E-state index contributed by atoms with van der Waals surface area (Å²) in [6.07, 6.45) is 5.37. The molecule has 2 aromatic rings. The van der Waals surface area contributed by atoms with Crippen LogP contribution in [0.1, 0.15) is 32.2 Å². The van der Waals surface area contributed by atoms with Crippen molar-refractivity contribution >= 4 is 17.6 Å². The van der Waals surface area contributed by atoms with E-state index in [1.807, 2.05) is 55.8 Å². The van der Waals surface area contributed by atoms with Crippen LogP contribution in [0.15, 0.2) is 49.3 Å². The Kier molecular flexibility index (Phi) is 6.26. The average molecular weight is 361 g/mol. The normalized spacial score (nSPS) is 11.2. The van der Waals surface area contributed by atoms with E-state index < -0.39 is 0 Å². The SMILES string of the molecule is C=CCN(Cc1nccn1Cc1cccc(Cl)c1)C(=O)NC(C)(C)C. The van der Waals surface area contributed by atoms with E-state index in [0.717, 1.165) is 11.4 Å². The summed E-state index contributed by atoms with van der Waals surface area (Å²) >= 11 is 6.06. The molecule has 1 aromatic carbocycles. The lowest BCUT2D eigenvalue weighted by molar-refractivity contribution is 0.190. The molecule has 0 bridgehead atoms. The van der Waals surface area contributed by atoms with Gasteiger partial charge >= 0.3 is 6.03 Å². The summed E-state index contributed by atoms with van der Waals surface area (Å²) in [6.45, 7) is 11.1. The van der Waals surface area contributed by atoms with E-state index >= 15 is 0 Å². The molecular weight excluding hydrogens is 336 g/mol. The van der Waals surface area contributed by atoms with Gasteiger partial charge in [-0.1, -0.05) is 29.8 Å². The summed E-state index contributed by atoms with van der Waals surface area (Å²) in [7, 11) is 0. The average Bonchev–Trinajstić information content (AvgIpc) is 2.92. The molecule has 6 heteroatoms. The van der Waals surface area contributed by atoms with Crippen LogP contribution in [-0.4, -0.2) is 32.6 Å². The zero-order valence-electron chi connectivity index (χ0n) is 15.0. The molecule has 0 unspecified atom stereocenters. The van der Waals surface area contributed by atoms with E-state index in [1.165, 1.54) is 0 Å². The number of benzene rings is 1. The summed E-state index contributed by atoms with van der Waals surface area (Å²) in [5, 5.41) is 3.68. The first-order valence-corrected chi connectivity index (χ1v) is 8.59. The molecule has 0 aliphatic carbocycles. The van der Waals surface area contributed by atoms with Crippen LogP contribution in [0.5, 0.6) is 0 Å². The zero-order valence-corrected chi connectivity index (χ0v) is 15.8. The Morgan fingerprint density at radius 3 is 2.84 bits per heavy atom. The number of hydrogen-bond acceptors (Lipinski definition) is 2. The number of hydrogen-bond donors (Lipinski definition) is 1. The van der Waals surface area contributed by atoms with Gasteiger partial charge < -0.3 is 14.8 Å². The maximum atomic E-state index is 12.5. The van der Waals surface area contributed by atoms with E-state index in [2.05, 4.69) is 16.9 Å². The van der Waals surface area contributed by atoms with Crippen LogP contribution < -0.4 is 5.32 Å². The van der Waals surface area contributed by atoms with Crippen molar-refractivity contribution in [3.05, 3.63) is 65.7 Å². The number of nitrogens with one attached hydrogen (secondary N) is 1. The minimum absolute atomic E-state index is 0.135. The molecule has 1 heterocycles. The molecule has 0 radical (unpaired) electrons. The van der Waals surface area contributed by atoms with Crippen LogP contribution in [0.4, 0.5) is 4.79 Å². The molecule has 0 fully saturated rings. The third-order valence-corrected chi connectivity index (χ3v) is 3.73. The van der Waals surface area contributed by atoms with Crippen LogP contribution in [0, 0.1) is 0 Å². The highest BCUT2D eigenvalue weighted by atomic mass is 35.5. The largest absolute Gasteiger partial charge is 0.333 e. The van der Waals surface area contributed by atoms with Crippen molar-refractivity contribution in [2.24, 2.45) is 0 Å². The van der Waals surface area contributed by atoms with Gasteiger partial charge in [0, 0.05) is 36.0 Å². The quantitative estimate of drug-likeness (QED) is 0.789. The van der Waals surface area contributed by atoms with Gasteiger partial charge in [0.15, 0.2) is 0 Å². The van der Waals surface area contributed by atoms with Crippen molar-refractivity contribution in [1.29, 1.82) is 0 Å². The number of amides is 2. The Morgan fingerprint density at radius 1 is 1.44 bits per heavy atom. The second-order valence-corrected chi connectivity index (χ2v) is 7.39. The minimum Gasteiger partial charge on any atom is -0.333 e. The molecule has 134 valence electrons. The highest BCUT2D eigenvalue weighted by Crippen LogP contribution is 2.14. The molecule has 0 saturated heterocycles. The van der Waals surface area contributed by atoms with Gasteiger partial charge in [-0.05, 0) is 38.5 Å². The lowest BCUT2D eigenvalue weighted by Crippen LogP contribution is -2.48. The number of aromatic nitrogens is 2. The predicted octanol–water partition coefficient (Wildman–Crippen LogP) is 4.08. The molecule has 1 aromatic heterocycles. The fourth-order valence-electron chi connectivity index (χ4n) is 2.41. The second-order valence-electron chi connectivity index (χ2n) is 6.95. The van der Waals surface area contributed by atoms with Gasteiger partial charge in [-0.3, -0.25) is 0 Å². The van der Waals surface area contributed by atoms with E-state index in [4.69, 9.17) is 11.6 Å². The van der Waals surface area contributed by atoms with Crippen molar-refractivity contribution in [1.82, 2.24) is 19.8 Å². The third-order valence-electron chi connectivity index (χ3n) is 3.49. The minimum atomic E-state index is -0.299. The number of halogens is 1. The van der Waals surface area contributed by atoms with Crippen molar-refractivity contribution < 1.29 is 4.79 Å². The Labute approximate surface area is 154 Å². The fourth-order valence-corrected chi connectivity index (χ4v) is 2.63. The van der Waals surface area contributed by atoms with Gasteiger partial charge in [-0.2, -0.15) is 0 Å². The van der Waals surface area contributed by atoms with Gasteiger partial charge in [0.05, 0.1) is 6.54 Å². The molecule has 25 heavy (non-hydrogen) atoms. The first-order chi connectivity index (χ1) is 11.8. The summed E-state index contributed by atoms with van der Waals surface area (Å²) in [6, 6.07) is 7.59. The summed E-state index contributed by atoms with van der Waals surface area (Å²) in [5.41, 5.74) is 0.786. The molecule has 0 aliphatic rings. The molecule has 2 amide bonds. The smallest absolute Gasteiger partial charge is 0.318 e. The van der Waals surface area contributed by atoms with Crippen molar-refractivity contribution in [3.63, 3.8) is 0 Å². The van der Waals surface area contributed by atoms with E-state index in [-0.39, 0.29) is 11.6 Å². The van der Waals surface area contributed by atoms with E-state index in [0.29, 0.717) is 24.7 Å². The first-order valence-electron chi connectivity index (χ1n) is 8.21. The highest BCUT2D eigenvalue weighted by Gasteiger charge is 2.20. The lowest BCUT2D eigenvalue weighted by Gasteiger charge is -2.27. The maximum absolute atomic E-state index is 12.5. The van der Waals surface area contributed by atoms with Crippen molar-refractivity contribution in [2.45, 2.75) is 39.4 Å². The van der Waals surface area contributed by atoms with Gasteiger partial charge in [0.25, 0.3) is 0 Å². The van der Waals surface area contributed by atoms with Crippen molar-refractivity contribution in [2.75, 3.05) is 6.54 Å². The summed E-state index contributed by atoms with van der Waals surface area (Å²) < 4.78 is 2.02. The van der Waals surface area contributed by atoms with Crippen LogP contribution in [0.2, 0.25) is 5.02 Å². The predicted molar refractivity (Wildman–Crippen MR) is 102 cm³/mol. The number of urea groups is 1. The number of carbonyl (C=O) groups is 1. The summed E-state index contributed by atoms with van der Waals surface area (Å²) in [4.78, 5) is 18.6. The van der Waals surface area contributed by atoms with Gasteiger partial charge in [0.1, 0.15) is 5.82 Å². The number of carbonyl (C=O) groups excluding carboxylic acids is 1. The van der Waals surface area contributed by atoms with Crippen molar-refractivity contribution in [3.8, 4) is 0 Å². The maximum Gasteiger partial charge on any atom is 0.318 e. The topological polar surface area (TPSA) is 50.2 Å². The fraction of sp³-hybridized carbons (Fsp3) is 0.368. The Bertz CT molecular complexity index is 733. The number of imidazole rings is 1. The molecule has 0 aliphatic heterocycles. The van der Waals surface area contributed by atoms with E-state index in [1.54, 1.807) is 17.2 Å². The second kappa shape index (κ2) is 8.21. The van der Waals surface area contributed by atoms with E-state index in [9.17, 15) is 4.79 Å². The zero-order chi connectivity index (χ0) is 18.4. The first kappa shape index (κ1) is 19.1. The molecule has 0 saturated carbocycles. The third kappa shape index (κ3) is 5.94. The molecule has 0 atom stereocenters. The van der Waals surface area contributed by atoms with Crippen LogP contribution >= 0.6 is 11.6 Å². The number of nitrogens with zero attached hydrogens (tertiary/aromatic N) is 3. The Hall–Kier alpha value is -2.27. The monoisotopic (exact) mass is 360 g/mol. The molecule has 0 spiro atoms. The highest BCUT2D eigenvalue weighted by molar-refractivity contribution is 6.30.